The second-order valence-electron chi connectivity index (χ2n) is 6.84. The van der Waals surface area contributed by atoms with Crippen LogP contribution in [0.5, 0.6) is 5.75 Å². The highest BCUT2D eigenvalue weighted by atomic mass is 16.5. The fourth-order valence-corrected chi connectivity index (χ4v) is 3.49. The normalized spacial score (nSPS) is 22.3. The first-order valence-corrected chi connectivity index (χ1v) is 8.65. The molecule has 4 rings (SSSR count). The Balaban J connectivity index is 1.36. The molecule has 0 radical (unpaired) electrons. The number of nitrogens with zero attached hydrogens (tertiary/aromatic N) is 1. The quantitative estimate of drug-likeness (QED) is 0.848. The SMILES string of the molecule is NC1C=CC(COc2coc(CN3Cc4ccccc4C3)cc2=O)C1. The number of nitrogens with two attached hydrogens (primary N) is 1. The summed E-state index contributed by atoms with van der Waals surface area (Å²) < 4.78 is 11.2. The first-order valence-electron chi connectivity index (χ1n) is 8.65. The van der Waals surface area contributed by atoms with E-state index in [2.05, 4.69) is 29.2 Å². The molecule has 0 amide bonds. The molecule has 5 heteroatoms. The third kappa shape index (κ3) is 3.67. The second-order valence-corrected chi connectivity index (χ2v) is 6.84. The molecule has 0 bridgehead atoms. The lowest BCUT2D eigenvalue weighted by atomic mass is 10.1. The minimum atomic E-state index is -0.135. The van der Waals surface area contributed by atoms with Gasteiger partial charge < -0.3 is 14.9 Å². The molecule has 130 valence electrons. The van der Waals surface area contributed by atoms with Crippen molar-refractivity contribution in [1.29, 1.82) is 0 Å². The molecule has 25 heavy (non-hydrogen) atoms. The maximum atomic E-state index is 12.3. The van der Waals surface area contributed by atoms with Gasteiger partial charge in [-0.15, -0.1) is 0 Å². The smallest absolute Gasteiger partial charge is 0.227 e. The molecular weight excluding hydrogens is 316 g/mol. The van der Waals surface area contributed by atoms with Crippen molar-refractivity contribution in [2.75, 3.05) is 6.61 Å². The minimum absolute atomic E-state index is 0.0944. The van der Waals surface area contributed by atoms with Gasteiger partial charge in [-0.1, -0.05) is 36.4 Å². The van der Waals surface area contributed by atoms with E-state index >= 15 is 0 Å². The van der Waals surface area contributed by atoms with E-state index in [0.717, 1.165) is 19.5 Å². The monoisotopic (exact) mass is 338 g/mol. The van der Waals surface area contributed by atoms with Crippen LogP contribution >= 0.6 is 0 Å². The van der Waals surface area contributed by atoms with Gasteiger partial charge in [0.1, 0.15) is 12.0 Å². The Hall–Kier alpha value is -2.37. The number of hydrogen-bond donors (Lipinski definition) is 1. The highest BCUT2D eigenvalue weighted by Gasteiger charge is 2.20. The average molecular weight is 338 g/mol. The summed E-state index contributed by atoms with van der Waals surface area (Å²) in [6, 6.07) is 10.0. The third-order valence-corrected chi connectivity index (χ3v) is 4.80. The van der Waals surface area contributed by atoms with E-state index in [1.165, 1.54) is 23.5 Å². The predicted molar refractivity (Wildman–Crippen MR) is 95.1 cm³/mol. The Morgan fingerprint density at radius 3 is 2.60 bits per heavy atom. The van der Waals surface area contributed by atoms with Crippen LogP contribution in [0.4, 0.5) is 0 Å². The lowest BCUT2D eigenvalue weighted by Crippen LogP contribution is -2.20. The number of benzene rings is 1. The maximum Gasteiger partial charge on any atom is 0.227 e. The molecule has 2 N–H and O–H groups in total. The Morgan fingerprint density at radius 1 is 1.20 bits per heavy atom. The van der Waals surface area contributed by atoms with E-state index in [0.29, 0.717) is 18.9 Å². The van der Waals surface area contributed by atoms with Crippen molar-refractivity contribution in [3.8, 4) is 5.75 Å². The zero-order valence-electron chi connectivity index (χ0n) is 14.1. The first kappa shape index (κ1) is 16.1. The largest absolute Gasteiger partial charge is 0.486 e. The molecule has 2 unspecified atom stereocenters. The summed E-state index contributed by atoms with van der Waals surface area (Å²) in [6.07, 6.45) is 6.32. The lowest BCUT2D eigenvalue weighted by Gasteiger charge is -2.14. The number of ether oxygens (including phenoxy) is 1. The summed E-state index contributed by atoms with van der Waals surface area (Å²) in [5.74, 6) is 1.19. The van der Waals surface area contributed by atoms with Gasteiger partial charge >= 0.3 is 0 Å². The van der Waals surface area contributed by atoms with Crippen LogP contribution in [0, 0.1) is 5.92 Å². The molecule has 1 aromatic carbocycles. The van der Waals surface area contributed by atoms with Gasteiger partial charge in [0.15, 0.2) is 0 Å². The van der Waals surface area contributed by atoms with Gasteiger partial charge in [0.05, 0.1) is 13.2 Å². The van der Waals surface area contributed by atoms with Crippen LogP contribution in [0.2, 0.25) is 0 Å². The van der Waals surface area contributed by atoms with Crippen LogP contribution in [-0.2, 0) is 19.6 Å². The van der Waals surface area contributed by atoms with E-state index in [1.807, 2.05) is 12.2 Å². The van der Waals surface area contributed by atoms with Gasteiger partial charge in [-0.05, 0) is 17.5 Å². The van der Waals surface area contributed by atoms with Crippen LogP contribution < -0.4 is 15.9 Å². The molecular formula is C20H22N2O3. The Bertz CT molecular complexity index is 818. The van der Waals surface area contributed by atoms with Gasteiger partial charge in [-0.25, -0.2) is 0 Å². The van der Waals surface area contributed by atoms with Gasteiger partial charge in [-0.2, -0.15) is 0 Å². The summed E-state index contributed by atoms with van der Waals surface area (Å²) in [5, 5.41) is 0. The summed E-state index contributed by atoms with van der Waals surface area (Å²) in [5.41, 5.74) is 8.37. The summed E-state index contributed by atoms with van der Waals surface area (Å²) >= 11 is 0. The van der Waals surface area contributed by atoms with Crippen LogP contribution in [0.3, 0.4) is 0 Å². The summed E-state index contributed by atoms with van der Waals surface area (Å²) in [7, 11) is 0. The molecule has 2 aromatic rings. The fourth-order valence-electron chi connectivity index (χ4n) is 3.49. The van der Waals surface area contributed by atoms with E-state index in [9.17, 15) is 4.79 Å². The van der Waals surface area contributed by atoms with E-state index in [1.54, 1.807) is 0 Å². The van der Waals surface area contributed by atoms with Crippen molar-refractivity contribution in [1.82, 2.24) is 4.90 Å². The van der Waals surface area contributed by atoms with Crippen molar-refractivity contribution in [3.63, 3.8) is 0 Å². The first-order chi connectivity index (χ1) is 12.2. The highest BCUT2D eigenvalue weighted by Crippen LogP contribution is 2.24. The van der Waals surface area contributed by atoms with Crippen molar-refractivity contribution in [2.24, 2.45) is 11.7 Å². The zero-order valence-corrected chi connectivity index (χ0v) is 14.1. The van der Waals surface area contributed by atoms with Crippen LogP contribution in [0.1, 0.15) is 23.3 Å². The Labute approximate surface area is 146 Å². The average Bonchev–Trinajstić information content (AvgIpc) is 3.19. The van der Waals surface area contributed by atoms with E-state index < -0.39 is 0 Å². The van der Waals surface area contributed by atoms with Crippen molar-refractivity contribution in [3.05, 3.63) is 75.9 Å². The third-order valence-electron chi connectivity index (χ3n) is 4.80. The van der Waals surface area contributed by atoms with Gasteiger partial charge in [0.2, 0.25) is 11.2 Å². The minimum Gasteiger partial charge on any atom is -0.486 e. The molecule has 2 atom stereocenters. The Morgan fingerprint density at radius 2 is 1.96 bits per heavy atom. The Kier molecular flexibility index (Phi) is 4.42. The summed E-state index contributed by atoms with van der Waals surface area (Å²) in [6.45, 7) is 2.83. The molecule has 0 fully saturated rings. The van der Waals surface area contributed by atoms with Crippen molar-refractivity contribution in [2.45, 2.75) is 32.1 Å². The van der Waals surface area contributed by atoms with Crippen molar-refractivity contribution >= 4 is 0 Å². The maximum absolute atomic E-state index is 12.3. The van der Waals surface area contributed by atoms with Crippen LogP contribution in [0.15, 0.2) is 58.0 Å². The van der Waals surface area contributed by atoms with Gasteiger partial charge in [-0.3, -0.25) is 9.69 Å². The van der Waals surface area contributed by atoms with E-state index in [-0.39, 0.29) is 23.1 Å². The standard InChI is InChI=1S/C20H22N2O3/c21-17-6-5-14(7-17)12-25-20-13-24-18(8-19(20)23)11-22-9-15-3-1-2-4-16(15)10-22/h1-6,8,13-14,17H,7,9-12,21H2. The molecule has 5 nitrogen and oxygen atoms in total. The molecule has 0 saturated heterocycles. The molecule has 1 aromatic heterocycles. The van der Waals surface area contributed by atoms with Crippen LogP contribution in [0.25, 0.3) is 0 Å². The van der Waals surface area contributed by atoms with Gasteiger partial charge in [0.25, 0.3) is 0 Å². The molecule has 2 aliphatic rings. The van der Waals surface area contributed by atoms with Crippen LogP contribution in [-0.4, -0.2) is 17.5 Å². The fraction of sp³-hybridized carbons (Fsp3) is 0.350. The van der Waals surface area contributed by atoms with Crippen molar-refractivity contribution < 1.29 is 9.15 Å². The highest BCUT2D eigenvalue weighted by molar-refractivity contribution is 5.30. The van der Waals surface area contributed by atoms with Gasteiger partial charge in [0, 0.05) is 31.1 Å². The predicted octanol–water partition coefficient (Wildman–Crippen LogP) is 2.44. The summed E-state index contributed by atoms with van der Waals surface area (Å²) in [4.78, 5) is 14.5. The molecule has 0 spiro atoms. The molecule has 2 heterocycles. The molecule has 1 aliphatic heterocycles. The van der Waals surface area contributed by atoms with E-state index in [4.69, 9.17) is 14.9 Å². The number of fused-ring (bicyclic) bond motifs is 1. The zero-order chi connectivity index (χ0) is 17.2. The topological polar surface area (TPSA) is 68.7 Å². The lowest BCUT2D eigenvalue weighted by molar-refractivity contribution is 0.236. The number of rotatable bonds is 5. The molecule has 1 aliphatic carbocycles. The second kappa shape index (κ2) is 6.86. The number of hydrogen-bond acceptors (Lipinski definition) is 5. The molecule has 0 saturated carbocycles.